The van der Waals surface area contributed by atoms with Crippen molar-refractivity contribution in [2.75, 3.05) is 51.1 Å². The Balaban J connectivity index is 1.48. The number of hydrogen-bond acceptors (Lipinski definition) is 4. The summed E-state index contributed by atoms with van der Waals surface area (Å²) >= 11 is 0. The van der Waals surface area contributed by atoms with Crippen LogP contribution < -0.4 is 11.1 Å². The van der Waals surface area contributed by atoms with Crippen LogP contribution in [0, 0.1) is 0 Å². The first-order valence-corrected chi connectivity index (χ1v) is 8.85. The maximum atomic E-state index is 12.3. The molecule has 2 aromatic carbocycles. The van der Waals surface area contributed by atoms with Gasteiger partial charge in [0.25, 0.3) is 0 Å². The van der Waals surface area contributed by atoms with Gasteiger partial charge in [-0.05, 0) is 23.3 Å². The van der Waals surface area contributed by atoms with Crippen LogP contribution in [0.15, 0.2) is 54.6 Å². The number of rotatable bonds is 6. The molecule has 1 amide bonds. The summed E-state index contributed by atoms with van der Waals surface area (Å²) in [5, 5.41) is 2.99. The van der Waals surface area contributed by atoms with Crippen LogP contribution in [0.3, 0.4) is 0 Å². The summed E-state index contributed by atoms with van der Waals surface area (Å²) in [6, 6.07) is 18.2. The molecular formula is C20H26N4O. The summed E-state index contributed by atoms with van der Waals surface area (Å²) in [5.41, 5.74) is 8.75. The zero-order valence-electron chi connectivity index (χ0n) is 14.5. The van der Waals surface area contributed by atoms with E-state index in [2.05, 4.69) is 27.2 Å². The average molecular weight is 338 g/mol. The lowest BCUT2D eigenvalue weighted by atomic mass is 10.1. The number of carbonyl (C=O) groups excluding carboxylic acids is 1. The molecule has 1 aliphatic heterocycles. The predicted molar refractivity (Wildman–Crippen MR) is 102 cm³/mol. The van der Waals surface area contributed by atoms with Crippen molar-refractivity contribution in [2.45, 2.75) is 0 Å². The van der Waals surface area contributed by atoms with Gasteiger partial charge < -0.3 is 11.1 Å². The molecule has 1 saturated heterocycles. The third kappa shape index (κ3) is 5.13. The Morgan fingerprint density at radius 2 is 1.48 bits per heavy atom. The summed E-state index contributed by atoms with van der Waals surface area (Å²) in [4.78, 5) is 16.8. The highest BCUT2D eigenvalue weighted by molar-refractivity contribution is 5.92. The standard InChI is InChI=1S/C20H26N4O/c21-10-11-23-12-14-24(15-13-23)16-20(25)22-19-8-6-18(7-9-19)17-4-2-1-3-5-17/h1-9H,10-16,21H2,(H,22,25). The second-order valence-electron chi connectivity index (χ2n) is 6.40. The maximum Gasteiger partial charge on any atom is 0.238 e. The summed E-state index contributed by atoms with van der Waals surface area (Å²) in [7, 11) is 0. The normalized spacial score (nSPS) is 15.9. The fourth-order valence-electron chi connectivity index (χ4n) is 3.13. The number of nitrogens with one attached hydrogen (secondary N) is 1. The lowest BCUT2D eigenvalue weighted by molar-refractivity contribution is -0.117. The molecule has 3 N–H and O–H groups in total. The van der Waals surface area contributed by atoms with Crippen molar-refractivity contribution >= 4 is 11.6 Å². The number of amides is 1. The van der Waals surface area contributed by atoms with Gasteiger partial charge >= 0.3 is 0 Å². The minimum Gasteiger partial charge on any atom is -0.329 e. The maximum absolute atomic E-state index is 12.3. The van der Waals surface area contributed by atoms with Crippen LogP contribution in [-0.4, -0.2) is 61.5 Å². The zero-order valence-corrected chi connectivity index (χ0v) is 14.5. The van der Waals surface area contributed by atoms with E-state index in [-0.39, 0.29) is 5.91 Å². The molecule has 0 spiro atoms. The Kier molecular flexibility index (Phi) is 6.17. The number of nitrogens with zero attached hydrogens (tertiary/aromatic N) is 2. The van der Waals surface area contributed by atoms with Crippen LogP contribution in [-0.2, 0) is 4.79 Å². The van der Waals surface area contributed by atoms with Gasteiger partial charge in [-0.15, -0.1) is 0 Å². The molecule has 0 bridgehead atoms. The fraction of sp³-hybridized carbons (Fsp3) is 0.350. The number of carbonyl (C=O) groups is 1. The average Bonchev–Trinajstić information content (AvgIpc) is 2.65. The smallest absolute Gasteiger partial charge is 0.238 e. The van der Waals surface area contributed by atoms with E-state index < -0.39 is 0 Å². The summed E-state index contributed by atoms with van der Waals surface area (Å²) in [6.07, 6.45) is 0. The minimum atomic E-state index is 0.0414. The van der Waals surface area contributed by atoms with Gasteiger partial charge in [-0.1, -0.05) is 42.5 Å². The number of anilines is 1. The van der Waals surface area contributed by atoms with Gasteiger partial charge in [-0.25, -0.2) is 0 Å². The first-order valence-electron chi connectivity index (χ1n) is 8.85. The molecule has 25 heavy (non-hydrogen) atoms. The molecule has 5 nitrogen and oxygen atoms in total. The van der Waals surface area contributed by atoms with Crippen molar-refractivity contribution in [3.05, 3.63) is 54.6 Å². The van der Waals surface area contributed by atoms with Gasteiger partial charge in [0.05, 0.1) is 6.54 Å². The Hall–Kier alpha value is -2.21. The number of hydrogen-bond donors (Lipinski definition) is 2. The molecule has 3 rings (SSSR count). The Bertz CT molecular complexity index is 664. The van der Waals surface area contributed by atoms with Crippen LogP contribution in [0.1, 0.15) is 0 Å². The molecule has 0 unspecified atom stereocenters. The molecule has 5 heteroatoms. The highest BCUT2D eigenvalue weighted by Gasteiger charge is 2.18. The molecule has 1 aliphatic rings. The SMILES string of the molecule is NCCN1CCN(CC(=O)Nc2ccc(-c3ccccc3)cc2)CC1. The Labute approximate surface area is 149 Å². The van der Waals surface area contributed by atoms with Gasteiger partial charge in [0.1, 0.15) is 0 Å². The third-order valence-corrected chi connectivity index (χ3v) is 4.55. The van der Waals surface area contributed by atoms with Gasteiger partial charge in [0.2, 0.25) is 5.91 Å². The monoisotopic (exact) mass is 338 g/mol. The van der Waals surface area contributed by atoms with Crippen molar-refractivity contribution in [1.29, 1.82) is 0 Å². The summed E-state index contributed by atoms with van der Waals surface area (Å²) < 4.78 is 0. The largest absolute Gasteiger partial charge is 0.329 e. The van der Waals surface area contributed by atoms with Crippen LogP contribution in [0.2, 0.25) is 0 Å². The van der Waals surface area contributed by atoms with Crippen molar-refractivity contribution in [1.82, 2.24) is 9.80 Å². The number of piperazine rings is 1. The van der Waals surface area contributed by atoms with E-state index in [0.717, 1.165) is 44.0 Å². The summed E-state index contributed by atoms with van der Waals surface area (Å²) in [5.74, 6) is 0.0414. The fourth-order valence-corrected chi connectivity index (χ4v) is 3.13. The third-order valence-electron chi connectivity index (χ3n) is 4.55. The molecule has 1 fully saturated rings. The van der Waals surface area contributed by atoms with Crippen LogP contribution >= 0.6 is 0 Å². The number of benzene rings is 2. The van der Waals surface area contributed by atoms with E-state index in [4.69, 9.17) is 5.73 Å². The van der Waals surface area contributed by atoms with Gasteiger partial charge in [0, 0.05) is 45.0 Å². The van der Waals surface area contributed by atoms with E-state index in [0.29, 0.717) is 13.1 Å². The molecule has 0 atom stereocenters. The number of nitrogens with two attached hydrogens (primary N) is 1. The van der Waals surface area contributed by atoms with Crippen molar-refractivity contribution in [3.63, 3.8) is 0 Å². The highest BCUT2D eigenvalue weighted by Crippen LogP contribution is 2.20. The molecule has 0 aromatic heterocycles. The van der Waals surface area contributed by atoms with Crippen molar-refractivity contribution in [2.24, 2.45) is 5.73 Å². The molecule has 0 saturated carbocycles. The molecular weight excluding hydrogens is 312 g/mol. The topological polar surface area (TPSA) is 61.6 Å². The second-order valence-corrected chi connectivity index (χ2v) is 6.40. The minimum absolute atomic E-state index is 0.0414. The predicted octanol–water partition coefficient (Wildman–Crippen LogP) is 1.87. The lowest BCUT2D eigenvalue weighted by Crippen LogP contribution is -2.49. The van der Waals surface area contributed by atoms with Gasteiger partial charge in [-0.2, -0.15) is 0 Å². The quantitative estimate of drug-likeness (QED) is 0.844. The zero-order chi connectivity index (χ0) is 17.5. The molecule has 132 valence electrons. The first-order chi connectivity index (χ1) is 12.2. The van der Waals surface area contributed by atoms with Gasteiger partial charge in [0.15, 0.2) is 0 Å². The molecule has 2 aromatic rings. The Morgan fingerprint density at radius 3 is 2.12 bits per heavy atom. The van der Waals surface area contributed by atoms with Crippen molar-refractivity contribution < 1.29 is 4.79 Å². The molecule has 0 aliphatic carbocycles. The van der Waals surface area contributed by atoms with E-state index in [1.165, 1.54) is 5.56 Å². The summed E-state index contributed by atoms with van der Waals surface area (Å²) in [6.45, 7) is 5.87. The lowest BCUT2D eigenvalue weighted by Gasteiger charge is -2.33. The van der Waals surface area contributed by atoms with Gasteiger partial charge in [-0.3, -0.25) is 14.6 Å². The van der Waals surface area contributed by atoms with Crippen molar-refractivity contribution in [3.8, 4) is 11.1 Å². The first kappa shape index (κ1) is 17.6. The second kappa shape index (κ2) is 8.76. The molecule has 0 radical (unpaired) electrons. The van der Waals surface area contributed by atoms with Crippen LogP contribution in [0.4, 0.5) is 5.69 Å². The van der Waals surface area contributed by atoms with E-state index in [1.807, 2.05) is 42.5 Å². The van der Waals surface area contributed by atoms with Crippen LogP contribution in [0.5, 0.6) is 0 Å². The van der Waals surface area contributed by atoms with E-state index in [9.17, 15) is 4.79 Å². The Morgan fingerprint density at radius 1 is 0.880 bits per heavy atom. The highest BCUT2D eigenvalue weighted by atomic mass is 16.2. The van der Waals surface area contributed by atoms with E-state index in [1.54, 1.807) is 0 Å². The van der Waals surface area contributed by atoms with Crippen LogP contribution in [0.25, 0.3) is 11.1 Å². The molecule has 1 heterocycles. The van der Waals surface area contributed by atoms with E-state index >= 15 is 0 Å².